The van der Waals surface area contributed by atoms with E-state index in [4.69, 9.17) is 33.8 Å². The molecule has 4 aromatic rings. The number of rotatable bonds is 8. The van der Waals surface area contributed by atoms with E-state index < -0.39 is 0 Å². The van der Waals surface area contributed by atoms with Crippen LogP contribution in [0.25, 0.3) is 33.4 Å². The van der Waals surface area contributed by atoms with Gasteiger partial charge < -0.3 is 23.7 Å². The number of hydrogen-bond donors (Lipinski definition) is 0. The summed E-state index contributed by atoms with van der Waals surface area (Å²) in [5, 5.41) is 6.18. The number of fused-ring (bicyclic) bond motifs is 2. The molecule has 2 aromatic heterocycles. The highest BCUT2D eigenvalue weighted by Gasteiger charge is 2.38. The molecular formula is C40H50N4O5. The predicted octanol–water partition coefficient (Wildman–Crippen LogP) is 7.39. The lowest BCUT2D eigenvalue weighted by molar-refractivity contribution is -0.101. The molecule has 0 saturated carbocycles. The van der Waals surface area contributed by atoms with Crippen molar-refractivity contribution in [2.45, 2.75) is 95.5 Å². The van der Waals surface area contributed by atoms with Gasteiger partial charge in [-0.15, -0.1) is 0 Å². The highest BCUT2D eigenvalue weighted by Crippen LogP contribution is 2.40. The van der Waals surface area contributed by atoms with E-state index in [2.05, 4.69) is 49.1 Å². The third-order valence-electron chi connectivity index (χ3n) is 11.4. The van der Waals surface area contributed by atoms with Crippen molar-refractivity contribution in [1.82, 2.24) is 19.7 Å². The number of benzene rings is 2. The molecule has 0 radical (unpaired) electrons. The van der Waals surface area contributed by atoms with Gasteiger partial charge in [0.15, 0.2) is 23.4 Å². The fourth-order valence-electron chi connectivity index (χ4n) is 8.50. The number of ether oxygens (including phenoxy) is 5. The molecule has 0 N–H and O–H groups in total. The van der Waals surface area contributed by atoms with E-state index in [-0.39, 0.29) is 17.9 Å². The number of pyridine rings is 1. The molecule has 3 aliphatic heterocycles. The van der Waals surface area contributed by atoms with E-state index in [1.54, 1.807) is 7.11 Å². The van der Waals surface area contributed by atoms with Gasteiger partial charge in [0.25, 0.3) is 0 Å². The fourth-order valence-corrected chi connectivity index (χ4v) is 8.50. The number of hydrogen-bond acceptors (Lipinski definition) is 8. The molecule has 0 amide bonds. The van der Waals surface area contributed by atoms with Crippen LogP contribution in [0.1, 0.15) is 76.1 Å². The standard InChI is InChI=1S/C40H50N4O5/c1-27-7-6-17-43(27)40(2)15-13-28-9-10-29(21-30(28)14-16-40)32-22-34-38(42-44(39(34)41-24-32)37-8-4-5-18-48-37)31-11-12-35(36(23-31)45-3)49-26-33-25-46-19-20-47-33/h9-12,21-24,27,33,37H,4-8,13-20,25-26H2,1-3H3/t27-,33-,37?,40?/m1/s1. The lowest BCUT2D eigenvalue weighted by Crippen LogP contribution is -2.48. The monoisotopic (exact) mass is 666 g/mol. The highest BCUT2D eigenvalue weighted by molar-refractivity contribution is 5.94. The van der Waals surface area contributed by atoms with E-state index in [1.165, 1.54) is 48.9 Å². The average Bonchev–Trinajstić information content (AvgIpc) is 3.72. The van der Waals surface area contributed by atoms with Crippen LogP contribution < -0.4 is 9.47 Å². The Kier molecular flexibility index (Phi) is 9.35. The van der Waals surface area contributed by atoms with Crippen LogP contribution in [-0.4, -0.2) is 84.0 Å². The zero-order valence-corrected chi connectivity index (χ0v) is 29.3. The lowest BCUT2D eigenvalue weighted by atomic mass is 9.89. The van der Waals surface area contributed by atoms with Crippen molar-refractivity contribution < 1.29 is 23.7 Å². The van der Waals surface area contributed by atoms with Crippen LogP contribution in [0.4, 0.5) is 0 Å². The second kappa shape index (κ2) is 14.0. The minimum Gasteiger partial charge on any atom is -0.493 e. The smallest absolute Gasteiger partial charge is 0.161 e. The first-order chi connectivity index (χ1) is 24.0. The summed E-state index contributed by atoms with van der Waals surface area (Å²) in [6, 6.07) is 16.0. The van der Waals surface area contributed by atoms with Gasteiger partial charge in [-0.25, -0.2) is 9.67 Å². The van der Waals surface area contributed by atoms with Crippen LogP contribution in [0.3, 0.4) is 0 Å². The molecule has 0 spiro atoms. The SMILES string of the molecule is COc1cc(-c2nn(C3CCCCO3)c3ncc(-c4ccc5c(c4)CCC(C)(N4CCC[C@H]4C)CC5)cc23)ccc1OC[C@H]1COCCO1. The Morgan fingerprint density at radius 1 is 0.878 bits per heavy atom. The van der Waals surface area contributed by atoms with Crippen molar-refractivity contribution in [2.24, 2.45) is 0 Å². The second-order valence-corrected chi connectivity index (χ2v) is 14.6. The maximum Gasteiger partial charge on any atom is 0.161 e. The van der Waals surface area contributed by atoms with Gasteiger partial charge in [-0.3, -0.25) is 4.90 Å². The minimum atomic E-state index is -0.134. The van der Waals surface area contributed by atoms with Crippen molar-refractivity contribution in [3.8, 4) is 33.9 Å². The molecule has 3 saturated heterocycles. The molecule has 9 nitrogen and oxygen atoms in total. The third kappa shape index (κ3) is 6.58. The summed E-state index contributed by atoms with van der Waals surface area (Å²) in [7, 11) is 1.67. The fraction of sp³-hybridized carbons (Fsp3) is 0.550. The zero-order valence-electron chi connectivity index (χ0n) is 29.3. The number of aromatic nitrogens is 3. The molecule has 4 aliphatic rings. The van der Waals surface area contributed by atoms with Crippen molar-refractivity contribution in [3.63, 3.8) is 0 Å². The van der Waals surface area contributed by atoms with Gasteiger partial charge in [0.05, 0.1) is 26.9 Å². The van der Waals surface area contributed by atoms with E-state index in [9.17, 15) is 0 Å². The van der Waals surface area contributed by atoms with E-state index in [0.29, 0.717) is 44.0 Å². The van der Waals surface area contributed by atoms with E-state index in [1.807, 2.05) is 23.0 Å². The molecule has 2 unspecified atom stereocenters. The first kappa shape index (κ1) is 32.7. The van der Waals surface area contributed by atoms with Crippen LogP contribution >= 0.6 is 0 Å². The number of methoxy groups -OCH3 is 1. The van der Waals surface area contributed by atoms with Gasteiger partial charge in [0.2, 0.25) is 0 Å². The second-order valence-electron chi connectivity index (χ2n) is 14.6. The summed E-state index contributed by atoms with van der Waals surface area (Å²) in [6.07, 6.45) is 12.2. The molecule has 49 heavy (non-hydrogen) atoms. The zero-order chi connectivity index (χ0) is 33.4. The molecule has 9 heteroatoms. The Morgan fingerprint density at radius 2 is 1.76 bits per heavy atom. The summed E-state index contributed by atoms with van der Waals surface area (Å²) < 4.78 is 31.5. The summed E-state index contributed by atoms with van der Waals surface area (Å²) >= 11 is 0. The topological polar surface area (TPSA) is 80.1 Å². The van der Waals surface area contributed by atoms with Gasteiger partial charge in [-0.2, -0.15) is 5.10 Å². The normalized spacial score (nSPS) is 26.4. The van der Waals surface area contributed by atoms with Crippen LogP contribution in [0.5, 0.6) is 11.5 Å². The maximum atomic E-state index is 6.21. The molecule has 5 heterocycles. The van der Waals surface area contributed by atoms with E-state index in [0.717, 1.165) is 66.6 Å². The summed E-state index contributed by atoms with van der Waals surface area (Å²) in [5.41, 5.74) is 8.18. The van der Waals surface area contributed by atoms with Gasteiger partial charge in [0, 0.05) is 40.9 Å². The average molecular weight is 667 g/mol. The molecular weight excluding hydrogens is 616 g/mol. The third-order valence-corrected chi connectivity index (χ3v) is 11.4. The Labute approximate surface area is 289 Å². The van der Waals surface area contributed by atoms with Crippen molar-refractivity contribution in [3.05, 3.63) is 59.8 Å². The quantitative estimate of drug-likeness (QED) is 0.180. The number of nitrogens with zero attached hydrogens (tertiary/aromatic N) is 4. The van der Waals surface area contributed by atoms with Crippen LogP contribution in [0.2, 0.25) is 0 Å². The summed E-state index contributed by atoms with van der Waals surface area (Å²) in [5.74, 6) is 1.31. The van der Waals surface area contributed by atoms with Gasteiger partial charge in [0.1, 0.15) is 18.4 Å². The predicted molar refractivity (Wildman–Crippen MR) is 190 cm³/mol. The molecule has 8 rings (SSSR count). The Balaban J connectivity index is 1.12. The highest BCUT2D eigenvalue weighted by atomic mass is 16.6. The first-order valence-electron chi connectivity index (χ1n) is 18.4. The minimum absolute atomic E-state index is 0.0935. The van der Waals surface area contributed by atoms with Crippen LogP contribution in [-0.2, 0) is 27.1 Å². The Morgan fingerprint density at radius 3 is 2.53 bits per heavy atom. The Bertz CT molecular complexity index is 1780. The van der Waals surface area contributed by atoms with Gasteiger partial charge in [-0.05, 0) is 119 Å². The van der Waals surface area contributed by atoms with Crippen molar-refractivity contribution >= 4 is 11.0 Å². The lowest BCUT2D eigenvalue weighted by Gasteiger charge is -2.41. The first-order valence-corrected chi connectivity index (χ1v) is 18.4. The summed E-state index contributed by atoms with van der Waals surface area (Å²) in [6.45, 7) is 9.03. The molecule has 2 aromatic carbocycles. The molecule has 260 valence electrons. The number of aryl methyl sites for hydroxylation is 2. The van der Waals surface area contributed by atoms with Crippen LogP contribution in [0.15, 0.2) is 48.7 Å². The molecule has 1 aliphatic carbocycles. The summed E-state index contributed by atoms with van der Waals surface area (Å²) in [4.78, 5) is 7.86. The van der Waals surface area contributed by atoms with E-state index >= 15 is 0 Å². The van der Waals surface area contributed by atoms with Crippen molar-refractivity contribution in [1.29, 1.82) is 0 Å². The molecule has 0 bridgehead atoms. The Hall–Kier alpha value is -3.50. The number of likely N-dealkylation sites (tertiary alicyclic amines) is 1. The maximum absolute atomic E-state index is 6.21. The van der Waals surface area contributed by atoms with Crippen molar-refractivity contribution in [2.75, 3.05) is 46.7 Å². The van der Waals surface area contributed by atoms with Crippen LogP contribution in [0, 0.1) is 0 Å². The molecule has 4 atom stereocenters. The molecule has 3 fully saturated rings. The largest absolute Gasteiger partial charge is 0.493 e. The van der Waals surface area contributed by atoms with Gasteiger partial charge >= 0.3 is 0 Å². The van der Waals surface area contributed by atoms with Gasteiger partial charge in [-0.1, -0.05) is 18.2 Å².